The van der Waals surface area contributed by atoms with Crippen LogP contribution in [0.25, 0.3) is 0 Å². The third-order valence-corrected chi connectivity index (χ3v) is 2.72. The largest absolute Gasteiger partial charge is 0.342 e. The first-order valence-corrected chi connectivity index (χ1v) is 5.81. The summed E-state index contributed by atoms with van der Waals surface area (Å²) < 4.78 is 1.46. The lowest BCUT2D eigenvalue weighted by Gasteiger charge is -2.06. The highest BCUT2D eigenvalue weighted by Gasteiger charge is 2.12. The number of nitrogens with one attached hydrogen (secondary N) is 1. The Kier molecular flexibility index (Phi) is 4.05. The van der Waals surface area contributed by atoms with Crippen molar-refractivity contribution in [1.29, 1.82) is 0 Å². The van der Waals surface area contributed by atoms with Gasteiger partial charge in [0.15, 0.2) is 0 Å². The number of nitrogen functional groups attached to an aromatic ring is 1. The van der Waals surface area contributed by atoms with Crippen LogP contribution in [0.2, 0.25) is 0 Å². The van der Waals surface area contributed by atoms with Gasteiger partial charge in [-0.05, 0) is 12.1 Å². The van der Waals surface area contributed by atoms with Crippen LogP contribution in [0.3, 0.4) is 0 Å². The smallest absolute Gasteiger partial charge is 0.332 e. The topological polar surface area (TPSA) is 133 Å². The van der Waals surface area contributed by atoms with Crippen LogP contribution in [-0.2, 0) is 6.54 Å². The van der Waals surface area contributed by atoms with Crippen molar-refractivity contribution in [3.63, 3.8) is 0 Å². The number of hydrogen-bond donors (Lipinski definition) is 2. The van der Waals surface area contributed by atoms with Crippen molar-refractivity contribution in [3.8, 4) is 0 Å². The minimum Gasteiger partial charge on any atom is -0.342 e. The predicted octanol–water partition coefficient (Wildman–Crippen LogP) is -0.197. The Morgan fingerprint density at radius 3 is 2.76 bits per heavy atom. The van der Waals surface area contributed by atoms with Gasteiger partial charge in [-0.3, -0.25) is 30.1 Å². The molecule has 0 aliphatic heterocycles. The SMILES string of the molecule is NNC(=O)c1ccc(Cn2ccc(=O)c([N+](=O)[O-])c2)nc1. The van der Waals surface area contributed by atoms with Crippen molar-refractivity contribution >= 4 is 11.6 Å². The lowest BCUT2D eigenvalue weighted by Crippen LogP contribution is -2.30. The first kappa shape index (κ1) is 14.3. The fourth-order valence-electron chi connectivity index (χ4n) is 1.67. The summed E-state index contributed by atoms with van der Waals surface area (Å²) in [5, 5.41) is 10.7. The summed E-state index contributed by atoms with van der Waals surface area (Å²) in [7, 11) is 0. The van der Waals surface area contributed by atoms with Gasteiger partial charge in [-0.15, -0.1) is 0 Å². The molecule has 0 aliphatic carbocycles. The molecule has 3 N–H and O–H groups in total. The van der Waals surface area contributed by atoms with E-state index in [0.29, 0.717) is 11.3 Å². The predicted molar refractivity (Wildman–Crippen MR) is 72.3 cm³/mol. The number of nitrogens with two attached hydrogens (primary N) is 1. The second kappa shape index (κ2) is 5.92. The fraction of sp³-hybridized carbons (Fsp3) is 0.0833. The van der Waals surface area contributed by atoms with Gasteiger partial charge in [0, 0.05) is 18.5 Å². The van der Waals surface area contributed by atoms with Gasteiger partial charge in [0.05, 0.1) is 28.9 Å². The van der Waals surface area contributed by atoms with Crippen molar-refractivity contribution < 1.29 is 9.72 Å². The standard InChI is InChI=1S/C12H11N5O4/c13-15-12(19)8-1-2-9(14-5-8)6-16-4-3-11(18)10(7-16)17(20)21/h1-5,7H,6,13H2,(H,15,19). The molecule has 0 bridgehead atoms. The summed E-state index contributed by atoms with van der Waals surface area (Å²) in [5.74, 6) is 4.54. The molecule has 0 unspecified atom stereocenters. The third kappa shape index (κ3) is 3.28. The molecule has 21 heavy (non-hydrogen) atoms. The summed E-state index contributed by atoms with van der Waals surface area (Å²) in [6.07, 6.45) is 3.91. The molecule has 0 saturated heterocycles. The molecule has 2 aromatic rings. The Labute approximate surface area is 118 Å². The molecule has 0 aliphatic rings. The van der Waals surface area contributed by atoms with Gasteiger partial charge < -0.3 is 4.57 Å². The van der Waals surface area contributed by atoms with Crippen LogP contribution in [-0.4, -0.2) is 20.4 Å². The van der Waals surface area contributed by atoms with Crippen molar-refractivity contribution in [1.82, 2.24) is 15.0 Å². The van der Waals surface area contributed by atoms with E-state index in [9.17, 15) is 19.7 Å². The van der Waals surface area contributed by atoms with E-state index in [1.54, 1.807) is 6.07 Å². The maximum atomic E-state index is 11.3. The molecule has 0 aromatic carbocycles. The summed E-state index contributed by atoms with van der Waals surface area (Å²) in [4.78, 5) is 36.6. The van der Waals surface area contributed by atoms with Crippen molar-refractivity contribution in [2.75, 3.05) is 0 Å². The Hall–Kier alpha value is -3.07. The first-order valence-electron chi connectivity index (χ1n) is 5.81. The molecule has 0 fully saturated rings. The number of amides is 1. The molecule has 0 saturated carbocycles. The Morgan fingerprint density at radius 2 is 2.19 bits per heavy atom. The quantitative estimate of drug-likeness (QED) is 0.346. The molecule has 2 rings (SSSR count). The van der Waals surface area contributed by atoms with E-state index in [0.717, 1.165) is 12.3 Å². The van der Waals surface area contributed by atoms with Gasteiger partial charge in [0.2, 0.25) is 0 Å². The van der Waals surface area contributed by atoms with Gasteiger partial charge >= 0.3 is 5.69 Å². The molecule has 2 heterocycles. The zero-order valence-corrected chi connectivity index (χ0v) is 10.7. The third-order valence-electron chi connectivity index (χ3n) is 2.72. The highest BCUT2D eigenvalue weighted by molar-refractivity contribution is 5.93. The molecular formula is C12H11N5O4. The number of carbonyl (C=O) groups excluding carboxylic acids is 1. The number of nitro groups is 1. The molecule has 0 radical (unpaired) electrons. The lowest BCUT2D eigenvalue weighted by molar-refractivity contribution is -0.386. The van der Waals surface area contributed by atoms with Gasteiger partial charge in [0.25, 0.3) is 11.3 Å². The summed E-state index contributed by atoms with van der Waals surface area (Å²) in [6.45, 7) is 0.228. The number of aromatic nitrogens is 2. The molecule has 1 amide bonds. The Morgan fingerprint density at radius 1 is 1.43 bits per heavy atom. The van der Waals surface area contributed by atoms with Crippen LogP contribution in [0, 0.1) is 10.1 Å². The highest BCUT2D eigenvalue weighted by Crippen LogP contribution is 2.06. The van der Waals surface area contributed by atoms with Gasteiger partial charge in [-0.25, -0.2) is 5.84 Å². The number of pyridine rings is 2. The maximum absolute atomic E-state index is 11.3. The van der Waals surface area contributed by atoms with E-state index in [-0.39, 0.29) is 6.54 Å². The molecule has 2 aromatic heterocycles. The average molecular weight is 289 g/mol. The molecule has 0 spiro atoms. The minimum atomic E-state index is -0.735. The number of hydrogen-bond acceptors (Lipinski definition) is 6. The van der Waals surface area contributed by atoms with Crippen LogP contribution in [0.5, 0.6) is 0 Å². The minimum absolute atomic E-state index is 0.228. The number of hydrazine groups is 1. The van der Waals surface area contributed by atoms with E-state index >= 15 is 0 Å². The second-order valence-corrected chi connectivity index (χ2v) is 4.14. The van der Waals surface area contributed by atoms with Gasteiger partial charge in [-0.1, -0.05) is 0 Å². The van der Waals surface area contributed by atoms with Crippen LogP contribution < -0.4 is 16.7 Å². The maximum Gasteiger partial charge on any atom is 0.332 e. The summed E-state index contributed by atoms with van der Waals surface area (Å²) in [6, 6.07) is 4.24. The van der Waals surface area contributed by atoms with E-state index in [4.69, 9.17) is 5.84 Å². The Bertz CT molecular complexity index is 738. The summed E-state index contributed by atoms with van der Waals surface area (Å²) in [5.41, 5.74) is 1.70. The molecule has 108 valence electrons. The number of nitrogens with zero attached hydrogens (tertiary/aromatic N) is 3. The lowest BCUT2D eigenvalue weighted by atomic mass is 10.2. The van der Waals surface area contributed by atoms with E-state index < -0.39 is 21.9 Å². The van der Waals surface area contributed by atoms with Crippen molar-refractivity contribution in [2.45, 2.75) is 6.54 Å². The van der Waals surface area contributed by atoms with Crippen LogP contribution >= 0.6 is 0 Å². The zero-order valence-electron chi connectivity index (χ0n) is 10.7. The normalized spacial score (nSPS) is 10.1. The second-order valence-electron chi connectivity index (χ2n) is 4.14. The monoisotopic (exact) mass is 289 g/mol. The van der Waals surface area contributed by atoms with Gasteiger partial charge in [0.1, 0.15) is 0 Å². The molecular weight excluding hydrogens is 278 g/mol. The van der Waals surface area contributed by atoms with Crippen LogP contribution in [0.15, 0.2) is 41.6 Å². The van der Waals surface area contributed by atoms with E-state index in [1.165, 1.54) is 23.0 Å². The number of rotatable bonds is 4. The fourth-order valence-corrected chi connectivity index (χ4v) is 1.67. The van der Waals surface area contributed by atoms with Crippen LogP contribution in [0.4, 0.5) is 5.69 Å². The highest BCUT2D eigenvalue weighted by atomic mass is 16.6. The van der Waals surface area contributed by atoms with Crippen LogP contribution in [0.1, 0.15) is 16.1 Å². The molecule has 0 atom stereocenters. The Balaban J connectivity index is 2.22. The average Bonchev–Trinajstić information content (AvgIpc) is 2.49. The zero-order chi connectivity index (χ0) is 15.4. The van der Waals surface area contributed by atoms with Gasteiger partial charge in [-0.2, -0.15) is 0 Å². The van der Waals surface area contributed by atoms with Crippen molar-refractivity contribution in [3.05, 3.63) is 68.4 Å². The van der Waals surface area contributed by atoms with E-state index in [2.05, 4.69) is 4.98 Å². The summed E-state index contributed by atoms with van der Waals surface area (Å²) >= 11 is 0. The first-order chi connectivity index (χ1) is 10.0. The van der Waals surface area contributed by atoms with E-state index in [1.807, 2.05) is 5.43 Å². The number of carbonyl (C=O) groups is 1. The molecule has 9 heteroatoms. The molecule has 9 nitrogen and oxygen atoms in total. The van der Waals surface area contributed by atoms with Crippen molar-refractivity contribution in [2.24, 2.45) is 5.84 Å².